The molecule has 5 nitrogen and oxygen atoms in total. The highest BCUT2D eigenvalue weighted by molar-refractivity contribution is 9.10. The van der Waals surface area contributed by atoms with Crippen molar-refractivity contribution in [3.63, 3.8) is 0 Å². The summed E-state index contributed by atoms with van der Waals surface area (Å²) in [7, 11) is 0. The largest absolute Gasteiger partial charge is 0.481 e. The Hall–Kier alpha value is -1.40. The number of nitrogens with one attached hydrogen (secondary N) is 1. The Kier molecular flexibility index (Phi) is 5.97. The minimum atomic E-state index is -0.770. The van der Waals surface area contributed by atoms with Gasteiger partial charge in [-0.3, -0.25) is 14.5 Å². The van der Waals surface area contributed by atoms with Crippen LogP contribution in [0, 0.1) is 5.92 Å². The number of piperidine rings is 1. The van der Waals surface area contributed by atoms with Crippen molar-refractivity contribution < 1.29 is 14.7 Å². The average molecular weight is 369 g/mol. The minimum absolute atomic E-state index is 0.0681. The molecule has 1 heterocycles. The van der Waals surface area contributed by atoms with E-state index in [-0.39, 0.29) is 24.4 Å². The quantitative estimate of drug-likeness (QED) is 0.837. The standard InChI is InChI=1S/C16H21BrN2O3/c1-11(12-4-6-14(17)7-5-12)18-15(20)10-19-8-2-3-13(9-19)16(21)22/h4-7,11,13H,2-3,8-10H2,1H3,(H,18,20)(H,21,22)/t11-,13-/m1/s1. The highest BCUT2D eigenvalue weighted by Gasteiger charge is 2.26. The molecule has 2 N–H and O–H groups in total. The highest BCUT2D eigenvalue weighted by Crippen LogP contribution is 2.18. The lowest BCUT2D eigenvalue weighted by molar-refractivity contribution is -0.144. The number of carbonyl (C=O) groups excluding carboxylic acids is 1. The smallest absolute Gasteiger partial charge is 0.307 e. The summed E-state index contributed by atoms with van der Waals surface area (Å²) in [5.74, 6) is -1.19. The van der Waals surface area contributed by atoms with Crippen LogP contribution in [-0.4, -0.2) is 41.5 Å². The van der Waals surface area contributed by atoms with Crippen LogP contribution in [0.15, 0.2) is 28.7 Å². The Morgan fingerprint density at radius 2 is 2.09 bits per heavy atom. The van der Waals surface area contributed by atoms with Gasteiger partial charge in [0.1, 0.15) is 0 Å². The van der Waals surface area contributed by atoms with E-state index in [0.29, 0.717) is 13.0 Å². The predicted octanol–water partition coefficient (Wildman–Crippen LogP) is 2.42. The Balaban J connectivity index is 1.84. The topological polar surface area (TPSA) is 69.6 Å². The first-order valence-electron chi connectivity index (χ1n) is 7.45. The van der Waals surface area contributed by atoms with Gasteiger partial charge in [0.15, 0.2) is 0 Å². The Bertz CT molecular complexity index is 533. The van der Waals surface area contributed by atoms with E-state index in [1.807, 2.05) is 36.1 Å². The van der Waals surface area contributed by atoms with Crippen LogP contribution in [0.2, 0.25) is 0 Å². The van der Waals surface area contributed by atoms with Crippen LogP contribution >= 0.6 is 15.9 Å². The van der Waals surface area contributed by atoms with Crippen LogP contribution in [0.5, 0.6) is 0 Å². The lowest BCUT2D eigenvalue weighted by Gasteiger charge is -2.30. The third-order valence-electron chi connectivity index (χ3n) is 3.97. The van der Waals surface area contributed by atoms with Crippen LogP contribution in [-0.2, 0) is 9.59 Å². The first-order valence-corrected chi connectivity index (χ1v) is 8.25. The zero-order valence-corrected chi connectivity index (χ0v) is 14.2. The van der Waals surface area contributed by atoms with Crippen LogP contribution in [0.1, 0.15) is 31.4 Å². The number of amides is 1. The van der Waals surface area contributed by atoms with Gasteiger partial charge in [0, 0.05) is 11.0 Å². The van der Waals surface area contributed by atoms with E-state index in [9.17, 15) is 9.59 Å². The molecular weight excluding hydrogens is 348 g/mol. The van der Waals surface area contributed by atoms with Crippen LogP contribution < -0.4 is 5.32 Å². The first kappa shape index (κ1) is 17.0. The van der Waals surface area contributed by atoms with Crippen LogP contribution in [0.25, 0.3) is 0 Å². The Morgan fingerprint density at radius 3 is 2.73 bits per heavy atom. The molecule has 2 rings (SSSR count). The average Bonchev–Trinajstić information content (AvgIpc) is 2.47. The van der Waals surface area contributed by atoms with Crippen molar-refractivity contribution in [3.05, 3.63) is 34.3 Å². The number of benzene rings is 1. The summed E-state index contributed by atoms with van der Waals surface area (Å²) in [4.78, 5) is 25.1. The molecule has 6 heteroatoms. The molecule has 0 aliphatic carbocycles. The van der Waals surface area contributed by atoms with Gasteiger partial charge in [-0.2, -0.15) is 0 Å². The van der Waals surface area contributed by atoms with Gasteiger partial charge in [-0.05, 0) is 44.0 Å². The fourth-order valence-corrected chi connectivity index (χ4v) is 2.99. The van der Waals surface area contributed by atoms with Gasteiger partial charge in [-0.1, -0.05) is 28.1 Å². The monoisotopic (exact) mass is 368 g/mol. The number of carbonyl (C=O) groups is 2. The second-order valence-electron chi connectivity index (χ2n) is 5.75. The molecule has 2 atom stereocenters. The maximum atomic E-state index is 12.1. The molecular formula is C16H21BrN2O3. The maximum Gasteiger partial charge on any atom is 0.307 e. The SMILES string of the molecule is C[C@@H](NC(=O)CN1CCC[C@@H](C(=O)O)C1)c1ccc(Br)cc1. The molecule has 1 aliphatic heterocycles. The van der Waals surface area contributed by atoms with E-state index < -0.39 is 5.97 Å². The van der Waals surface area contributed by atoms with E-state index in [4.69, 9.17) is 5.11 Å². The van der Waals surface area contributed by atoms with Gasteiger partial charge < -0.3 is 10.4 Å². The van der Waals surface area contributed by atoms with Crippen molar-refractivity contribution in [2.75, 3.05) is 19.6 Å². The van der Waals surface area contributed by atoms with Crippen molar-refractivity contribution in [3.8, 4) is 0 Å². The lowest BCUT2D eigenvalue weighted by Crippen LogP contribution is -2.44. The van der Waals surface area contributed by atoms with Crippen molar-refractivity contribution in [2.24, 2.45) is 5.92 Å². The first-order chi connectivity index (χ1) is 10.5. The van der Waals surface area contributed by atoms with Gasteiger partial charge in [0.2, 0.25) is 5.91 Å². The Morgan fingerprint density at radius 1 is 1.41 bits per heavy atom. The van der Waals surface area contributed by atoms with Crippen molar-refractivity contribution in [1.82, 2.24) is 10.2 Å². The fraction of sp³-hybridized carbons (Fsp3) is 0.500. The molecule has 0 radical (unpaired) electrons. The number of carboxylic acid groups (broad SMARTS) is 1. The van der Waals surface area contributed by atoms with E-state index >= 15 is 0 Å². The van der Waals surface area contributed by atoms with Gasteiger partial charge in [-0.25, -0.2) is 0 Å². The second-order valence-corrected chi connectivity index (χ2v) is 6.67. The minimum Gasteiger partial charge on any atom is -0.481 e. The maximum absolute atomic E-state index is 12.1. The Labute approximate surface area is 138 Å². The highest BCUT2D eigenvalue weighted by atomic mass is 79.9. The number of nitrogens with zero attached hydrogens (tertiary/aromatic N) is 1. The summed E-state index contributed by atoms with van der Waals surface area (Å²) in [5.41, 5.74) is 1.04. The zero-order valence-electron chi connectivity index (χ0n) is 12.6. The molecule has 120 valence electrons. The van der Waals surface area contributed by atoms with Crippen molar-refractivity contribution in [1.29, 1.82) is 0 Å². The van der Waals surface area contributed by atoms with Crippen LogP contribution in [0.4, 0.5) is 0 Å². The molecule has 1 saturated heterocycles. The van der Waals surface area contributed by atoms with Crippen LogP contribution in [0.3, 0.4) is 0 Å². The molecule has 1 aromatic carbocycles. The molecule has 1 aromatic rings. The third-order valence-corrected chi connectivity index (χ3v) is 4.50. The molecule has 0 bridgehead atoms. The number of likely N-dealkylation sites (tertiary alicyclic amines) is 1. The number of aliphatic carboxylic acids is 1. The second kappa shape index (κ2) is 7.74. The summed E-state index contributed by atoms with van der Waals surface area (Å²) in [6.45, 7) is 3.43. The fourth-order valence-electron chi connectivity index (χ4n) is 2.73. The summed E-state index contributed by atoms with van der Waals surface area (Å²) in [6.07, 6.45) is 1.52. The molecule has 1 aliphatic rings. The van der Waals surface area contributed by atoms with Gasteiger partial charge in [0.25, 0.3) is 0 Å². The molecule has 0 saturated carbocycles. The third kappa shape index (κ3) is 4.81. The van der Waals surface area contributed by atoms with E-state index in [1.54, 1.807) is 0 Å². The summed E-state index contributed by atoms with van der Waals surface area (Å²) in [6, 6.07) is 7.76. The summed E-state index contributed by atoms with van der Waals surface area (Å²) >= 11 is 3.39. The zero-order chi connectivity index (χ0) is 16.1. The van der Waals surface area contributed by atoms with Gasteiger partial charge >= 0.3 is 5.97 Å². The lowest BCUT2D eigenvalue weighted by atomic mass is 9.98. The van der Waals surface area contributed by atoms with E-state index in [1.165, 1.54) is 0 Å². The van der Waals surface area contributed by atoms with Gasteiger partial charge in [-0.15, -0.1) is 0 Å². The van der Waals surface area contributed by atoms with Crippen molar-refractivity contribution in [2.45, 2.75) is 25.8 Å². The van der Waals surface area contributed by atoms with Gasteiger partial charge in [0.05, 0.1) is 18.5 Å². The molecule has 0 spiro atoms. The van der Waals surface area contributed by atoms with E-state index in [2.05, 4.69) is 21.2 Å². The van der Waals surface area contributed by atoms with E-state index in [0.717, 1.165) is 23.0 Å². The number of rotatable bonds is 5. The summed E-state index contributed by atoms with van der Waals surface area (Å²) in [5, 5.41) is 12.0. The number of halogens is 1. The summed E-state index contributed by atoms with van der Waals surface area (Å²) < 4.78 is 1.00. The number of hydrogen-bond donors (Lipinski definition) is 2. The number of hydrogen-bond acceptors (Lipinski definition) is 3. The number of carboxylic acids is 1. The van der Waals surface area contributed by atoms with Crippen molar-refractivity contribution >= 4 is 27.8 Å². The molecule has 0 unspecified atom stereocenters. The molecule has 1 fully saturated rings. The molecule has 22 heavy (non-hydrogen) atoms. The molecule has 0 aromatic heterocycles. The molecule has 1 amide bonds. The normalized spacial score (nSPS) is 20.4. The predicted molar refractivity (Wildman–Crippen MR) is 87.5 cm³/mol.